The summed E-state index contributed by atoms with van der Waals surface area (Å²) in [6.45, 7) is 2.83. The second-order valence-electron chi connectivity index (χ2n) is 11.1. The predicted molar refractivity (Wildman–Crippen MR) is 181 cm³/mol. The summed E-state index contributed by atoms with van der Waals surface area (Å²) in [5, 5.41) is 18.0. The zero-order chi connectivity index (χ0) is 34.8. The van der Waals surface area contributed by atoms with Crippen molar-refractivity contribution in [2.24, 2.45) is 32.9 Å². The van der Waals surface area contributed by atoms with Crippen LogP contribution in [0.5, 0.6) is 5.75 Å². The van der Waals surface area contributed by atoms with Crippen molar-refractivity contribution >= 4 is 35.5 Å². The first kappa shape index (κ1) is 37.8. The second-order valence-corrected chi connectivity index (χ2v) is 11.1. The lowest BCUT2D eigenvalue weighted by Crippen LogP contribution is -2.56. The van der Waals surface area contributed by atoms with Gasteiger partial charge in [0.15, 0.2) is 11.9 Å². The van der Waals surface area contributed by atoms with E-state index in [2.05, 4.69) is 25.9 Å². The number of aromatic hydroxyl groups is 1. The first-order valence-corrected chi connectivity index (χ1v) is 15.5. The molecule has 0 heterocycles. The van der Waals surface area contributed by atoms with Crippen LogP contribution < -0.4 is 38.9 Å². The Morgan fingerprint density at radius 2 is 1.49 bits per heavy atom. The van der Waals surface area contributed by atoms with Crippen molar-refractivity contribution in [3.8, 4) is 5.75 Å². The lowest BCUT2D eigenvalue weighted by Gasteiger charge is -2.27. The van der Waals surface area contributed by atoms with E-state index in [0.29, 0.717) is 18.5 Å². The quantitative estimate of drug-likeness (QED) is 0.0537. The van der Waals surface area contributed by atoms with Gasteiger partial charge in [-0.05, 0) is 42.5 Å². The van der Waals surface area contributed by atoms with E-state index in [1.54, 1.807) is 19.2 Å². The molecule has 47 heavy (non-hydrogen) atoms. The van der Waals surface area contributed by atoms with E-state index in [-0.39, 0.29) is 62.3 Å². The Balaban J connectivity index is 2.30. The molecule has 0 bridgehead atoms. The fraction of sp³-hybridized carbons (Fsp3) is 0.438. The van der Waals surface area contributed by atoms with Gasteiger partial charge in [-0.1, -0.05) is 49.4 Å². The maximum atomic E-state index is 13.8. The van der Waals surface area contributed by atoms with E-state index in [1.165, 1.54) is 17.0 Å². The molecule has 2 aromatic carbocycles. The van der Waals surface area contributed by atoms with E-state index >= 15 is 0 Å². The number of phenols is 1. The molecule has 2 rings (SSSR count). The van der Waals surface area contributed by atoms with Crippen molar-refractivity contribution in [1.29, 1.82) is 0 Å². The minimum Gasteiger partial charge on any atom is -0.508 e. The minimum absolute atomic E-state index is 0.0547. The SMILES string of the molecule is CCCNC(=O)CCN(C)C(=O)[C@H](Cc1ccccc1)NC(=O)[C@@H](CCCN=C(N)N)NC(=O)[C@H](Cc1ccc(O)cc1)N=C(N)N. The highest BCUT2D eigenvalue weighted by atomic mass is 16.3. The van der Waals surface area contributed by atoms with Crippen LogP contribution in [-0.4, -0.2) is 90.4 Å². The molecule has 0 unspecified atom stereocenters. The number of likely N-dealkylation sites (N-methyl/N-ethyl adjacent to an activating group) is 1. The monoisotopic (exact) mass is 652 g/mol. The Kier molecular flexibility index (Phi) is 16.0. The van der Waals surface area contributed by atoms with Crippen LogP contribution in [0.3, 0.4) is 0 Å². The van der Waals surface area contributed by atoms with E-state index < -0.39 is 35.8 Å². The van der Waals surface area contributed by atoms with Crippen LogP contribution in [0, 0.1) is 0 Å². The highest BCUT2D eigenvalue weighted by Crippen LogP contribution is 2.14. The van der Waals surface area contributed by atoms with Crippen LogP contribution in [-0.2, 0) is 32.0 Å². The van der Waals surface area contributed by atoms with Gasteiger partial charge in [-0.3, -0.25) is 24.2 Å². The van der Waals surface area contributed by atoms with Crippen LogP contribution >= 0.6 is 0 Å². The number of phenolic OH excluding ortho intramolecular Hbond substituents is 1. The number of carbonyl (C=O) groups excluding carboxylic acids is 4. The third-order valence-electron chi connectivity index (χ3n) is 7.07. The Morgan fingerprint density at radius 1 is 0.851 bits per heavy atom. The number of rotatable bonds is 19. The standard InChI is InChI=1S/C32H48N10O5/c1-3-16-37-27(44)15-18-42(2)30(47)26(20-21-8-5-4-6-9-21)40-28(45)24(10-7-17-38-31(33)34)39-29(46)25(41-32(35)36)19-22-11-13-23(43)14-12-22/h4-6,8-9,11-14,24-26,43H,3,7,10,15-20H2,1-2H3,(H,37,44)(H,39,46)(H,40,45)(H4,33,34,38)(H4,35,36,41)/t24-,25+,26+/m1/s1. The number of amides is 4. The molecule has 0 saturated carbocycles. The Bertz CT molecular complexity index is 1360. The minimum atomic E-state index is -1.11. The van der Waals surface area contributed by atoms with Crippen molar-refractivity contribution in [3.63, 3.8) is 0 Å². The molecule has 0 saturated heterocycles. The molecule has 0 fully saturated rings. The third-order valence-corrected chi connectivity index (χ3v) is 7.07. The van der Waals surface area contributed by atoms with Gasteiger partial charge in [-0.25, -0.2) is 4.99 Å². The molecule has 15 nitrogen and oxygen atoms in total. The summed E-state index contributed by atoms with van der Waals surface area (Å²) < 4.78 is 0. The van der Waals surface area contributed by atoms with Gasteiger partial charge in [-0.15, -0.1) is 0 Å². The van der Waals surface area contributed by atoms with E-state index in [0.717, 1.165) is 12.0 Å². The zero-order valence-corrected chi connectivity index (χ0v) is 27.0. The number of nitrogens with one attached hydrogen (secondary N) is 3. The Labute approximate surface area is 275 Å². The van der Waals surface area contributed by atoms with Crippen LogP contribution in [0.1, 0.15) is 43.7 Å². The molecule has 0 aliphatic carbocycles. The van der Waals surface area contributed by atoms with Gasteiger partial charge < -0.3 is 48.9 Å². The van der Waals surface area contributed by atoms with Crippen molar-refractivity contribution in [2.75, 3.05) is 26.7 Å². The molecule has 0 aliphatic heterocycles. The zero-order valence-electron chi connectivity index (χ0n) is 27.0. The maximum absolute atomic E-state index is 13.8. The van der Waals surface area contributed by atoms with E-state index in [1.807, 2.05) is 37.3 Å². The summed E-state index contributed by atoms with van der Waals surface area (Å²) in [5.74, 6) is -2.20. The number of carbonyl (C=O) groups is 4. The topological polar surface area (TPSA) is 257 Å². The van der Waals surface area contributed by atoms with Gasteiger partial charge in [0.05, 0.1) is 0 Å². The molecule has 0 radical (unpaired) electrons. The van der Waals surface area contributed by atoms with Crippen molar-refractivity contribution < 1.29 is 24.3 Å². The van der Waals surface area contributed by atoms with Crippen molar-refractivity contribution in [1.82, 2.24) is 20.9 Å². The molecule has 2 aromatic rings. The number of hydrogen-bond donors (Lipinski definition) is 8. The molecule has 0 spiro atoms. The molecule has 3 atom stereocenters. The van der Waals surface area contributed by atoms with Crippen molar-refractivity contribution in [3.05, 3.63) is 65.7 Å². The summed E-state index contributed by atoms with van der Waals surface area (Å²) in [4.78, 5) is 62.5. The summed E-state index contributed by atoms with van der Waals surface area (Å²) in [5.41, 5.74) is 23.6. The number of guanidine groups is 2. The smallest absolute Gasteiger partial charge is 0.245 e. The number of aliphatic imine (C=N–C) groups is 2. The molecule has 15 heteroatoms. The second kappa shape index (κ2) is 19.9. The third kappa shape index (κ3) is 14.5. The first-order chi connectivity index (χ1) is 22.4. The Morgan fingerprint density at radius 3 is 2.11 bits per heavy atom. The maximum Gasteiger partial charge on any atom is 0.245 e. The largest absolute Gasteiger partial charge is 0.508 e. The van der Waals surface area contributed by atoms with Gasteiger partial charge >= 0.3 is 0 Å². The molecule has 0 aromatic heterocycles. The van der Waals surface area contributed by atoms with Gasteiger partial charge in [-0.2, -0.15) is 0 Å². The van der Waals surface area contributed by atoms with Crippen LogP contribution in [0.4, 0.5) is 0 Å². The first-order valence-electron chi connectivity index (χ1n) is 15.5. The molecule has 0 aliphatic rings. The van der Waals surface area contributed by atoms with Crippen LogP contribution in [0.25, 0.3) is 0 Å². The lowest BCUT2D eigenvalue weighted by atomic mass is 10.0. The summed E-state index contributed by atoms with van der Waals surface area (Å²) >= 11 is 0. The van der Waals surface area contributed by atoms with E-state index in [9.17, 15) is 24.3 Å². The fourth-order valence-electron chi connectivity index (χ4n) is 4.59. The highest BCUT2D eigenvalue weighted by molar-refractivity contribution is 5.94. The normalized spacial score (nSPS) is 12.5. The van der Waals surface area contributed by atoms with Gasteiger partial charge in [0.1, 0.15) is 23.9 Å². The number of hydrogen-bond acceptors (Lipinski definition) is 7. The summed E-state index contributed by atoms with van der Waals surface area (Å²) in [6.07, 6.45) is 1.60. The van der Waals surface area contributed by atoms with Gasteiger partial charge in [0, 0.05) is 45.9 Å². The average Bonchev–Trinajstić information content (AvgIpc) is 3.04. The van der Waals surface area contributed by atoms with Gasteiger partial charge in [0.2, 0.25) is 23.6 Å². The molecular weight excluding hydrogens is 604 g/mol. The van der Waals surface area contributed by atoms with Crippen LogP contribution in [0.2, 0.25) is 0 Å². The lowest BCUT2D eigenvalue weighted by molar-refractivity contribution is -0.137. The van der Waals surface area contributed by atoms with E-state index in [4.69, 9.17) is 22.9 Å². The molecule has 12 N–H and O–H groups in total. The fourth-order valence-corrected chi connectivity index (χ4v) is 4.59. The Hall–Kier alpha value is -5.34. The summed E-state index contributed by atoms with van der Waals surface area (Å²) in [6, 6.07) is 12.1. The number of nitrogens with two attached hydrogens (primary N) is 4. The highest BCUT2D eigenvalue weighted by Gasteiger charge is 2.30. The average molecular weight is 653 g/mol. The number of nitrogens with zero attached hydrogens (tertiary/aromatic N) is 3. The molecule has 4 amide bonds. The van der Waals surface area contributed by atoms with Crippen molar-refractivity contribution in [2.45, 2.75) is 63.6 Å². The molecular formula is C32H48N10O5. The van der Waals surface area contributed by atoms with Gasteiger partial charge in [0.25, 0.3) is 0 Å². The summed E-state index contributed by atoms with van der Waals surface area (Å²) in [7, 11) is 1.57. The molecule has 256 valence electrons. The predicted octanol–water partition coefficient (Wildman–Crippen LogP) is -0.783. The number of benzene rings is 2. The van der Waals surface area contributed by atoms with Crippen LogP contribution in [0.15, 0.2) is 64.6 Å².